The van der Waals surface area contributed by atoms with Crippen LogP contribution in [0.25, 0.3) is 10.4 Å². The van der Waals surface area contributed by atoms with Gasteiger partial charge in [0.2, 0.25) is 0 Å². The van der Waals surface area contributed by atoms with Gasteiger partial charge in [0.15, 0.2) is 5.13 Å². The monoisotopic (exact) mass is 304 g/mol. The molecule has 2 nitrogen and oxygen atoms in total. The second-order valence-electron chi connectivity index (χ2n) is 4.14. The summed E-state index contributed by atoms with van der Waals surface area (Å²) in [6.07, 6.45) is 1.76. The van der Waals surface area contributed by atoms with Crippen molar-refractivity contribution in [3.8, 4) is 10.4 Å². The summed E-state index contributed by atoms with van der Waals surface area (Å²) in [5.74, 6) is -0.296. The lowest BCUT2D eigenvalue weighted by Gasteiger charge is -2.02. The molecule has 0 atom stereocenters. The zero-order chi connectivity index (χ0) is 13.9. The van der Waals surface area contributed by atoms with Gasteiger partial charge in [0.05, 0.1) is 10.6 Å². The molecule has 20 heavy (non-hydrogen) atoms. The minimum atomic E-state index is -0.296. The lowest BCUT2D eigenvalue weighted by Crippen LogP contribution is -1.91. The quantitative estimate of drug-likeness (QED) is 0.706. The number of halogens is 2. The highest BCUT2D eigenvalue weighted by atomic mass is 35.5. The fraction of sp³-hybridized carbons (Fsp3) is 0. The fourth-order valence-electron chi connectivity index (χ4n) is 1.76. The van der Waals surface area contributed by atoms with Crippen LogP contribution in [0.1, 0.15) is 0 Å². The predicted molar refractivity (Wildman–Crippen MR) is 82.2 cm³/mol. The first-order valence-electron chi connectivity index (χ1n) is 5.96. The van der Waals surface area contributed by atoms with Crippen molar-refractivity contribution in [2.75, 3.05) is 5.32 Å². The van der Waals surface area contributed by atoms with Crippen molar-refractivity contribution in [3.63, 3.8) is 0 Å². The van der Waals surface area contributed by atoms with E-state index < -0.39 is 0 Å². The highest BCUT2D eigenvalue weighted by Crippen LogP contribution is 2.31. The van der Waals surface area contributed by atoms with Gasteiger partial charge in [-0.3, -0.25) is 0 Å². The van der Waals surface area contributed by atoms with Crippen molar-refractivity contribution < 1.29 is 4.39 Å². The van der Waals surface area contributed by atoms with Crippen LogP contribution in [0.4, 0.5) is 15.2 Å². The van der Waals surface area contributed by atoms with Crippen LogP contribution in [-0.4, -0.2) is 4.98 Å². The van der Waals surface area contributed by atoms with E-state index in [1.54, 1.807) is 24.4 Å². The summed E-state index contributed by atoms with van der Waals surface area (Å²) in [5.41, 5.74) is 1.46. The summed E-state index contributed by atoms with van der Waals surface area (Å²) in [6, 6.07) is 14.1. The average molecular weight is 305 g/mol. The molecule has 0 saturated carbocycles. The number of benzene rings is 2. The van der Waals surface area contributed by atoms with E-state index in [9.17, 15) is 4.39 Å². The summed E-state index contributed by atoms with van der Waals surface area (Å²) < 4.78 is 13.5. The molecule has 0 aliphatic carbocycles. The summed E-state index contributed by atoms with van der Waals surface area (Å²) in [5, 5.41) is 4.33. The van der Waals surface area contributed by atoms with Crippen LogP contribution in [0.2, 0.25) is 5.02 Å². The Balaban J connectivity index is 1.84. The highest BCUT2D eigenvalue weighted by Gasteiger charge is 2.07. The summed E-state index contributed by atoms with van der Waals surface area (Å²) >= 11 is 7.33. The number of hydrogen-bond acceptors (Lipinski definition) is 3. The molecule has 5 heteroatoms. The number of rotatable bonds is 3. The lowest BCUT2D eigenvalue weighted by molar-refractivity contribution is 0.632. The predicted octanol–water partition coefficient (Wildman–Crippen LogP) is 5.35. The first-order chi connectivity index (χ1) is 9.72. The van der Waals surface area contributed by atoms with E-state index in [0.29, 0.717) is 15.8 Å². The van der Waals surface area contributed by atoms with Gasteiger partial charge >= 0.3 is 0 Å². The Morgan fingerprint density at radius 3 is 2.55 bits per heavy atom. The number of para-hydroxylation sites is 1. The van der Waals surface area contributed by atoms with E-state index in [-0.39, 0.29) is 5.82 Å². The largest absolute Gasteiger partial charge is 0.329 e. The Labute approximate surface area is 124 Å². The van der Waals surface area contributed by atoms with E-state index in [2.05, 4.69) is 10.3 Å². The van der Waals surface area contributed by atoms with Crippen molar-refractivity contribution >= 4 is 33.8 Å². The average Bonchev–Trinajstić information content (AvgIpc) is 2.91. The molecule has 0 bridgehead atoms. The van der Waals surface area contributed by atoms with E-state index in [1.165, 1.54) is 17.4 Å². The molecule has 0 radical (unpaired) electrons. The molecule has 0 spiro atoms. The molecule has 2 aromatic carbocycles. The third kappa shape index (κ3) is 2.81. The molecule has 0 amide bonds. The second-order valence-corrected chi connectivity index (χ2v) is 5.61. The van der Waals surface area contributed by atoms with Gasteiger partial charge in [-0.25, -0.2) is 9.37 Å². The van der Waals surface area contributed by atoms with Crippen LogP contribution in [0.3, 0.4) is 0 Å². The van der Waals surface area contributed by atoms with Crippen LogP contribution < -0.4 is 5.32 Å². The van der Waals surface area contributed by atoms with Gasteiger partial charge in [0, 0.05) is 11.2 Å². The Morgan fingerprint density at radius 2 is 1.80 bits per heavy atom. The molecule has 3 aromatic rings. The van der Waals surface area contributed by atoms with Gasteiger partial charge in [-0.2, -0.15) is 0 Å². The number of thiazole rings is 1. The Morgan fingerprint density at radius 1 is 1.05 bits per heavy atom. The van der Waals surface area contributed by atoms with Gasteiger partial charge in [-0.15, -0.1) is 0 Å². The van der Waals surface area contributed by atoms with Crippen molar-refractivity contribution in [1.29, 1.82) is 0 Å². The normalized spacial score (nSPS) is 10.5. The molecule has 1 heterocycles. The first-order valence-corrected chi connectivity index (χ1v) is 7.15. The van der Waals surface area contributed by atoms with Crippen LogP contribution in [0.5, 0.6) is 0 Å². The maximum absolute atomic E-state index is 13.5. The van der Waals surface area contributed by atoms with Crippen LogP contribution in [0, 0.1) is 5.82 Å². The Bertz CT molecular complexity index is 725. The molecular weight excluding hydrogens is 295 g/mol. The number of nitrogens with one attached hydrogen (secondary N) is 1. The minimum absolute atomic E-state index is 0.296. The Kier molecular flexibility index (Phi) is 3.67. The molecule has 100 valence electrons. The summed E-state index contributed by atoms with van der Waals surface area (Å²) in [6.45, 7) is 0. The maximum Gasteiger partial charge on any atom is 0.187 e. The number of aromatic nitrogens is 1. The topological polar surface area (TPSA) is 24.9 Å². The van der Waals surface area contributed by atoms with Crippen LogP contribution in [0.15, 0.2) is 54.7 Å². The van der Waals surface area contributed by atoms with Gasteiger partial charge in [0.1, 0.15) is 5.82 Å². The van der Waals surface area contributed by atoms with Gasteiger partial charge in [0.25, 0.3) is 0 Å². The van der Waals surface area contributed by atoms with Crippen molar-refractivity contribution in [3.05, 3.63) is 65.6 Å². The minimum Gasteiger partial charge on any atom is -0.329 e. The maximum atomic E-state index is 13.5. The van der Waals surface area contributed by atoms with Gasteiger partial charge in [-0.1, -0.05) is 47.2 Å². The standard InChI is InChI=1S/C15H10ClFN2S/c16-11-7-5-10(6-8-11)14-9-18-15(20-14)19-13-4-2-1-3-12(13)17/h1-9H,(H,18,19). The fourth-order valence-corrected chi connectivity index (χ4v) is 2.72. The molecular formula is C15H10ClFN2S. The number of anilines is 2. The smallest absolute Gasteiger partial charge is 0.187 e. The zero-order valence-corrected chi connectivity index (χ0v) is 11.9. The molecule has 0 unspecified atom stereocenters. The Hall–Kier alpha value is -1.91. The number of nitrogens with zero attached hydrogens (tertiary/aromatic N) is 1. The van der Waals surface area contributed by atoms with Crippen LogP contribution in [-0.2, 0) is 0 Å². The molecule has 0 fully saturated rings. The third-order valence-corrected chi connectivity index (χ3v) is 3.96. The number of hydrogen-bond donors (Lipinski definition) is 1. The molecule has 0 aliphatic heterocycles. The van der Waals surface area contributed by atoms with Crippen molar-refractivity contribution in [1.82, 2.24) is 4.98 Å². The van der Waals surface area contributed by atoms with Crippen molar-refractivity contribution in [2.24, 2.45) is 0 Å². The van der Waals surface area contributed by atoms with Gasteiger partial charge < -0.3 is 5.32 Å². The lowest BCUT2D eigenvalue weighted by atomic mass is 10.2. The molecule has 1 aromatic heterocycles. The van der Waals surface area contributed by atoms with E-state index in [0.717, 1.165) is 10.4 Å². The molecule has 3 rings (SSSR count). The van der Waals surface area contributed by atoms with E-state index in [1.807, 2.05) is 24.3 Å². The molecule has 0 aliphatic rings. The van der Waals surface area contributed by atoms with Crippen molar-refractivity contribution in [2.45, 2.75) is 0 Å². The van der Waals surface area contributed by atoms with Crippen LogP contribution >= 0.6 is 22.9 Å². The third-order valence-electron chi connectivity index (χ3n) is 2.75. The van der Waals surface area contributed by atoms with E-state index in [4.69, 9.17) is 11.6 Å². The molecule has 0 saturated heterocycles. The first kappa shape index (κ1) is 13.1. The SMILES string of the molecule is Fc1ccccc1Nc1ncc(-c2ccc(Cl)cc2)s1. The second kappa shape index (κ2) is 5.61. The van der Waals surface area contributed by atoms with E-state index >= 15 is 0 Å². The summed E-state index contributed by atoms with van der Waals surface area (Å²) in [7, 11) is 0. The molecule has 1 N–H and O–H groups in total. The van der Waals surface area contributed by atoms with Gasteiger partial charge in [-0.05, 0) is 29.8 Å². The summed E-state index contributed by atoms with van der Waals surface area (Å²) in [4.78, 5) is 5.26. The highest BCUT2D eigenvalue weighted by molar-refractivity contribution is 7.18. The zero-order valence-electron chi connectivity index (χ0n) is 10.3.